The average Bonchev–Trinajstić information content (AvgIpc) is 3.43. The number of anilines is 2. The van der Waals surface area contributed by atoms with Gasteiger partial charge in [0.15, 0.2) is 0 Å². The van der Waals surface area contributed by atoms with Crippen LogP contribution in [0.5, 0.6) is 0 Å². The minimum absolute atomic E-state index is 0.0102. The van der Waals surface area contributed by atoms with Crippen molar-refractivity contribution < 1.29 is 23.7 Å². The molecule has 9 nitrogen and oxygen atoms in total. The highest BCUT2D eigenvalue weighted by molar-refractivity contribution is 6.48. The lowest BCUT2D eigenvalue weighted by atomic mass is 9.45. The van der Waals surface area contributed by atoms with Crippen LogP contribution in [-0.4, -0.2) is 48.5 Å². The number of para-hydroxylation sites is 2. The third kappa shape index (κ3) is 6.87. The topological polar surface area (TPSA) is 132 Å². The molecule has 252 valence electrons. The Balaban J connectivity index is 1.16. The Kier molecular flexibility index (Phi) is 9.42. The van der Waals surface area contributed by atoms with Gasteiger partial charge in [0.25, 0.3) is 11.8 Å². The van der Waals surface area contributed by atoms with E-state index in [4.69, 9.17) is 15.0 Å². The van der Waals surface area contributed by atoms with E-state index in [9.17, 15) is 14.4 Å². The van der Waals surface area contributed by atoms with Crippen LogP contribution >= 0.6 is 0 Å². The van der Waals surface area contributed by atoms with Crippen molar-refractivity contribution in [2.24, 2.45) is 23.2 Å². The normalized spacial score (nSPS) is 25.0. The van der Waals surface area contributed by atoms with E-state index in [0.717, 1.165) is 18.4 Å². The third-order valence-corrected chi connectivity index (χ3v) is 10.7. The SMILES string of the molecule is CC(C)C[C@H](NC(=O)[C@H](Cc1ccccc1)NC(=O)c1ccc(C(=O)Nc2ccccc2N)cc1)B1OC2[C@@H]3C[C@H](C[C@]2(C)O1)C3(C)C. The molecule has 0 aromatic heterocycles. The highest BCUT2D eigenvalue weighted by Crippen LogP contribution is 2.64. The monoisotopic (exact) mass is 650 g/mol. The van der Waals surface area contributed by atoms with Crippen molar-refractivity contribution >= 4 is 36.2 Å². The zero-order valence-corrected chi connectivity index (χ0v) is 28.5. The van der Waals surface area contributed by atoms with Gasteiger partial charge in [-0.25, -0.2) is 0 Å². The molecule has 3 aromatic carbocycles. The number of rotatable bonds is 11. The number of nitrogens with two attached hydrogens (primary N) is 1. The maximum absolute atomic E-state index is 14.1. The van der Waals surface area contributed by atoms with Gasteiger partial charge >= 0.3 is 7.12 Å². The van der Waals surface area contributed by atoms with Crippen molar-refractivity contribution in [2.45, 2.75) is 84.0 Å². The summed E-state index contributed by atoms with van der Waals surface area (Å²) in [5.41, 5.74) is 8.40. The van der Waals surface area contributed by atoms with E-state index >= 15 is 0 Å². The van der Waals surface area contributed by atoms with Gasteiger partial charge < -0.3 is 31.0 Å². The lowest BCUT2D eigenvalue weighted by Crippen LogP contribution is -2.63. The summed E-state index contributed by atoms with van der Waals surface area (Å²) in [6, 6.07) is 22.1. The first-order valence-corrected chi connectivity index (χ1v) is 17.1. The van der Waals surface area contributed by atoms with Gasteiger partial charge in [-0.2, -0.15) is 0 Å². The molecular weight excluding hydrogens is 603 g/mol. The molecule has 10 heteroatoms. The van der Waals surface area contributed by atoms with Crippen molar-refractivity contribution in [3.8, 4) is 0 Å². The van der Waals surface area contributed by atoms with E-state index in [0.29, 0.717) is 47.2 Å². The second kappa shape index (κ2) is 13.4. The van der Waals surface area contributed by atoms with Crippen LogP contribution in [0.15, 0.2) is 78.9 Å². The third-order valence-electron chi connectivity index (χ3n) is 10.7. The van der Waals surface area contributed by atoms with Crippen LogP contribution in [0.2, 0.25) is 0 Å². The molecule has 7 rings (SSSR count). The van der Waals surface area contributed by atoms with Gasteiger partial charge in [-0.15, -0.1) is 0 Å². The molecule has 1 saturated heterocycles. The van der Waals surface area contributed by atoms with Gasteiger partial charge in [0, 0.05) is 17.5 Å². The van der Waals surface area contributed by atoms with Crippen LogP contribution in [0.25, 0.3) is 0 Å². The van der Waals surface area contributed by atoms with Crippen LogP contribution in [0.3, 0.4) is 0 Å². The first kappa shape index (κ1) is 33.7. The minimum atomic E-state index is -0.857. The van der Waals surface area contributed by atoms with E-state index in [1.165, 1.54) is 0 Å². The highest BCUT2D eigenvalue weighted by atomic mass is 16.7. The molecule has 3 amide bonds. The molecule has 1 unspecified atom stereocenters. The number of amides is 3. The number of nitrogen functional groups attached to an aromatic ring is 1. The summed E-state index contributed by atoms with van der Waals surface area (Å²) in [4.78, 5) is 40.4. The quantitative estimate of drug-likeness (QED) is 0.157. The Bertz CT molecular complexity index is 1650. The predicted molar refractivity (Wildman–Crippen MR) is 188 cm³/mol. The molecule has 4 aliphatic rings. The summed E-state index contributed by atoms with van der Waals surface area (Å²) < 4.78 is 13.3. The molecule has 2 bridgehead atoms. The largest absolute Gasteiger partial charge is 0.481 e. The number of carbonyl (C=O) groups excluding carboxylic acids is 3. The molecule has 3 aromatic rings. The Morgan fingerprint density at radius 3 is 2.19 bits per heavy atom. The van der Waals surface area contributed by atoms with Crippen molar-refractivity contribution in [3.05, 3.63) is 95.6 Å². The standard InChI is InChI=1S/C38H47BN4O5/c1-23(2)19-32(39-47-33-28-21-27(37(28,3)4)22-38(33,5)48-39)43-36(46)31(20-24-11-7-6-8-12-24)42-35(45)26-17-15-25(16-18-26)34(44)41-30-14-10-9-13-29(30)40/h6-18,23,27-28,31-33H,19-22,40H2,1-5H3,(H,41,44)(H,42,45)(H,43,46)/t27-,28+,31+,32+,33?,38+/m1/s1. The number of nitrogens with one attached hydrogen (secondary N) is 3. The average molecular weight is 651 g/mol. The van der Waals surface area contributed by atoms with Gasteiger partial charge in [0.2, 0.25) is 5.91 Å². The van der Waals surface area contributed by atoms with E-state index in [1.807, 2.05) is 30.3 Å². The summed E-state index contributed by atoms with van der Waals surface area (Å²) >= 11 is 0. The summed E-state index contributed by atoms with van der Waals surface area (Å²) in [7, 11) is -0.570. The first-order chi connectivity index (χ1) is 22.8. The van der Waals surface area contributed by atoms with Crippen molar-refractivity contribution in [2.75, 3.05) is 11.1 Å². The zero-order chi connectivity index (χ0) is 34.2. The maximum Gasteiger partial charge on any atom is 0.481 e. The molecule has 5 N–H and O–H groups in total. The predicted octanol–water partition coefficient (Wildman–Crippen LogP) is 5.66. The summed E-state index contributed by atoms with van der Waals surface area (Å²) in [5.74, 6) is -0.123. The Hall–Kier alpha value is -4.15. The number of carbonyl (C=O) groups is 3. The molecule has 1 aliphatic heterocycles. The molecule has 4 fully saturated rings. The van der Waals surface area contributed by atoms with Crippen molar-refractivity contribution in [1.82, 2.24) is 10.6 Å². The smallest absolute Gasteiger partial charge is 0.404 e. The maximum atomic E-state index is 14.1. The Morgan fingerprint density at radius 2 is 1.54 bits per heavy atom. The van der Waals surface area contributed by atoms with Gasteiger partial charge in [-0.3, -0.25) is 14.4 Å². The lowest BCUT2D eigenvalue weighted by Gasteiger charge is -2.63. The van der Waals surface area contributed by atoms with Crippen LogP contribution in [0.1, 0.15) is 80.2 Å². The van der Waals surface area contributed by atoms with E-state index in [-0.39, 0.29) is 40.8 Å². The molecule has 3 aliphatic carbocycles. The molecule has 0 spiro atoms. The number of benzene rings is 3. The van der Waals surface area contributed by atoms with Gasteiger partial charge in [-0.1, -0.05) is 70.2 Å². The lowest BCUT2D eigenvalue weighted by molar-refractivity contribution is -0.185. The summed E-state index contributed by atoms with van der Waals surface area (Å²) in [5, 5.41) is 8.98. The van der Waals surface area contributed by atoms with E-state index < -0.39 is 19.1 Å². The Labute approximate surface area is 283 Å². The first-order valence-electron chi connectivity index (χ1n) is 17.1. The fourth-order valence-corrected chi connectivity index (χ4v) is 7.82. The van der Waals surface area contributed by atoms with Gasteiger partial charge in [-0.05, 0) is 91.3 Å². The summed E-state index contributed by atoms with van der Waals surface area (Å²) in [6.45, 7) is 11.0. The molecule has 3 saturated carbocycles. The van der Waals surface area contributed by atoms with E-state index in [1.54, 1.807) is 48.5 Å². The fourth-order valence-electron chi connectivity index (χ4n) is 7.82. The molecule has 6 atom stereocenters. The second-order valence-corrected chi connectivity index (χ2v) is 15.0. The van der Waals surface area contributed by atoms with Crippen molar-refractivity contribution in [1.29, 1.82) is 0 Å². The van der Waals surface area contributed by atoms with Gasteiger partial charge in [0.1, 0.15) is 6.04 Å². The molecule has 48 heavy (non-hydrogen) atoms. The van der Waals surface area contributed by atoms with Crippen LogP contribution in [-0.2, 0) is 20.5 Å². The molecular formula is C38H47BN4O5. The van der Waals surface area contributed by atoms with Crippen LogP contribution < -0.4 is 21.7 Å². The minimum Gasteiger partial charge on any atom is -0.404 e. The zero-order valence-electron chi connectivity index (χ0n) is 28.5. The highest BCUT2D eigenvalue weighted by Gasteiger charge is 2.67. The molecule has 1 heterocycles. The fraction of sp³-hybridized carbons (Fsp3) is 0.447. The van der Waals surface area contributed by atoms with E-state index in [2.05, 4.69) is 50.6 Å². The van der Waals surface area contributed by atoms with Crippen LogP contribution in [0.4, 0.5) is 11.4 Å². The Morgan fingerprint density at radius 1 is 0.896 bits per heavy atom. The second-order valence-electron chi connectivity index (χ2n) is 15.0. The molecule has 0 radical (unpaired) electrons. The van der Waals surface area contributed by atoms with Crippen molar-refractivity contribution in [3.63, 3.8) is 0 Å². The summed E-state index contributed by atoms with van der Waals surface area (Å²) in [6.07, 6.45) is 3.07. The van der Waals surface area contributed by atoms with Gasteiger partial charge in [0.05, 0.1) is 29.0 Å². The number of hydrogen-bond acceptors (Lipinski definition) is 6. The van der Waals surface area contributed by atoms with Crippen LogP contribution in [0, 0.1) is 23.2 Å². The number of hydrogen-bond donors (Lipinski definition) is 4.